The zero-order chi connectivity index (χ0) is 14.7. The highest BCUT2D eigenvalue weighted by atomic mass is 16.2. The second-order valence-corrected chi connectivity index (χ2v) is 5.52. The molecule has 2 atom stereocenters. The fourth-order valence-corrected chi connectivity index (χ4v) is 2.78. The molecule has 2 amide bonds. The van der Waals surface area contributed by atoms with Gasteiger partial charge < -0.3 is 10.2 Å². The SMILES string of the molecule is CCCC(C)NC(=O)C(=O)N1c2ccccc2CC1C. The summed E-state index contributed by atoms with van der Waals surface area (Å²) in [6.45, 7) is 5.96. The minimum absolute atomic E-state index is 0.0320. The highest BCUT2D eigenvalue weighted by Gasteiger charge is 2.34. The van der Waals surface area contributed by atoms with Crippen molar-refractivity contribution in [2.45, 2.75) is 52.1 Å². The van der Waals surface area contributed by atoms with Gasteiger partial charge in [0.25, 0.3) is 0 Å². The summed E-state index contributed by atoms with van der Waals surface area (Å²) in [5, 5.41) is 2.78. The lowest BCUT2D eigenvalue weighted by molar-refractivity contribution is -0.138. The number of hydrogen-bond acceptors (Lipinski definition) is 2. The van der Waals surface area contributed by atoms with Gasteiger partial charge in [-0.15, -0.1) is 0 Å². The zero-order valence-corrected chi connectivity index (χ0v) is 12.3. The summed E-state index contributed by atoms with van der Waals surface area (Å²) in [5.74, 6) is -0.958. The van der Waals surface area contributed by atoms with Gasteiger partial charge in [0.05, 0.1) is 0 Å². The maximum Gasteiger partial charge on any atom is 0.316 e. The number of para-hydroxylation sites is 1. The summed E-state index contributed by atoms with van der Waals surface area (Å²) in [6.07, 6.45) is 2.67. The Morgan fingerprint density at radius 2 is 2.10 bits per heavy atom. The van der Waals surface area contributed by atoms with Gasteiger partial charge in [0.1, 0.15) is 0 Å². The van der Waals surface area contributed by atoms with Gasteiger partial charge in [-0.2, -0.15) is 0 Å². The van der Waals surface area contributed by atoms with E-state index in [1.165, 1.54) is 0 Å². The first-order valence-corrected chi connectivity index (χ1v) is 7.26. The minimum Gasteiger partial charge on any atom is -0.345 e. The number of carbonyl (C=O) groups is 2. The molecule has 2 unspecified atom stereocenters. The first kappa shape index (κ1) is 14.6. The van der Waals surface area contributed by atoms with E-state index in [9.17, 15) is 9.59 Å². The van der Waals surface area contributed by atoms with Crippen LogP contribution < -0.4 is 10.2 Å². The fraction of sp³-hybridized carbons (Fsp3) is 0.500. The predicted molar refractivity (Wildman–Crippen MR) is 79.6 cm³/mol. The highest BCUT2D eigenvalue weighted by Crippen LogP contribution is 2.31. The van der Waals surface area contributed by atoms with E-state index in [0.29, 0.717) is 0 Å². The van der Waals surface area contributed by atoms with Crippen LogP contribution in [-0.4, -0.2) is 23.9 Å². The van der Waals surface area contributed by atoms with Crippen LogP contribution in [0.15, 0.2) is 24.3 Å². The molecule has 1 aromatic carbocycles. The van der Waals surface area contributed by atoms with Crippen molar-refractivity contribution >= 4 is 17.5 Å². The van der Waals surface area contributed by atoms with Crippen LogP contribution in [0.3, 0.4) is 0 Å². The van der Waals surface area contributed by atoms with Crippen LogP contribution in [0.4, 0.5) is 5.69 Å². The summed E-state index contributed by atoms with van der Waals surface area (Å²) in [4.78, 5) is 26.1. The molecule has 0 saturated heterocycles. The maximum absolute atomic E-state index is 12.4. The lowest BCUT2D eigenvalue weighted by Crippen LogP contribution is -2.47. The first-order chi connectivity index (χ1) is 9.54. The standard InChI is InChI=1S/C16H22N2O2/c1-4-7-11(2)17-15(19)16(20)18-12(3)10-13-8-5-6-9-14(13)18/h5-6,8-9,11-12H,4,7,10H2,1-3H3,(H,17,19). The molecule has 1 aromatic rings. The second kappa shape index (κ2) is 6.07. The molecule has 0 aliphatic carbocycles. The van der Waals surface area contributed by atoms with Gasteiger partial charge in [0.2, 0.25) is 0 Å². The van der Waals surface area contributed by atoms with E-state index in [2.05, 4.69) is 12.2 Å². The predicted octanol–water partition coefficient (Wildman–Crippen LogP) is 2.27. The van der Waals surface area contributed by atoms with E-state index in [4.69, 9.17) is 0 Å². The molecule has 0 aromatic heterocycles. The normalized spacial score (nSPS) is 18.6. The molecule has 1 aliphatic heterocycles. The van der Waals surface area contributed by atoms with Gasteiger partial charge in [0, 0.05) is 17.8 Å². The zero-order valence-electron chi connectivity index (χ0n) is 12.3. The number of benzene rings is 1. The van der Waals surface area contributed by atoms with Gasteiger partial charge in [-0.25, -0.2) is 0 Å². The summed E-state index contributed by atoms with van der Waals surface area (Å²) in [5.41, 5.74) is 1.99. The van der Waals surface area contributed by atoms with E-state index in [-0.39, 0.29) is 12.1 Å². The Kier molecular flexibility index (Phi) is 4.42. The molecule has 2 rings (SSSR count). The number of rotatable bonds is 3. The number of anilines is 1. The van der Waals surface area contributed by atoms with E-state index in [1.54, 1.807) is 4.90 Å². The Balaban J connectivity index is 2.11. The molecule has 0 spiro atoms. The monoisotopic (exact) mass is 274 g/mol. The molecule has 0 fully saturated rings. The van der Waals surface area contributed by atoms with Crippen molar-refractivity contribution in [1.82, 2.24) is 5.32 Å². The van der Waals surface area contributed by atoms with Crippen LogP contribution in [0.2, 0.25) is 0 Å². The third kappa shape index (κ3) is 2.84. The van der Waals surface area contributed by atoms with E-state index in [0.717, 1.165) is 30.5 Å². The molecule has 20 heavy (non-hydrogen) atoms. The summed E-state index contributed by atoms with van der Waals surface area (Å²) >= 11 is 0. The Hall–Kier alpha value is -1.84. The summed E-state index contributed by atoms with van der Waals surface area (Å²) < 4.78 is 0. The first-order valence-electron chi connectivity index (χ1n) is 7.26. The van der Waals surface area contributed by atoms with Crippen LogP contribution in [-0.2, 0) is 16.0 Å². The molecule has 0 bridgehead atoms. The number of fused-ring (bicyclic) bond motifs is 1. The lowest BCUT2D eigenvalue weighted by atomic mass is 10.1. The molecule has 108 valence electrons. The number of carbonyl (C=O) groups excluding carboxylic acids is 2. The van der Waals surface area contributed by atoms with Gasteiger partial charge in [0.15, 0.2) is 0 Å². The van der Waals surface area contributed by atoms with Gasteiger partial charge in [-0.3, -0.25) is 9.59 Å². The molecule has 1 heterocycles. The topological polar surface area (TPSA) is 49.4 Å². The van der Waals surface area contributed by atoms with Gasteiger partial charge in [-0.05, 0) is 38.3 Å². The molecular formula is C16H22N2O2. The Bertz CT molecular complexity index is 513. The number of hydrogen-bond donors (Lipinski definition) is 1. The van der Waals surface area contributed by atoms with Crippen molar-refractivity contribution in [3.05, 3.63) is 29.8 Å². The summed E-state index contributed by atoms with van der Waals surface area (Å²) in [7, 11) is 0. The molecule has 0 saturated carbocycles. The van der Waals surface area contributed by atoms with Crippen LogP contribution in [0.5, 0.6) is 0 Å². The van der Waals surface area contributed by atoms with Crippen LogP contribution in [0.25, 0.3) is 0 Å². The summed E-state index contributed by atoms with van der Waals surface area (Å²) in [6, 6.07) is 7.84. The largest absolute Gasteiger partial charge is 0.345 e. The van der Waals surface area contributed by atoms with E-state index < -0.39 is 11.8 Å². The average Bonchev–Trinajstić information content (AvgIpc) is 2.73. The van der Waals surface area contributed by atoms with Crippen molar-refractivity contribution in [2.75, 3.05) is 4.90 Å². The molecular weight excluding hydrogens is 252 g/mol. The van der Waals surface area contributed by atoms with Crippen molar-refractivity contribution in [2.24, 2.45) is 0 Å². The number of nitrogens with zero attached hydrogens (tertiary/aromatic N) is 1. The van der Waals surface area contributed by atoms with Crippen molar-refractivity contribution in [3.8, 4) is 0 Å². The number of amides is 2. The van der Waals surface area contributed by atoms with Crippen molar-refractivity contribution < 1.29 is 9.59 Å². The third-order valence-electron chi connectivity index (χ3n) is 3.72. The van der Waals surface area contributed by atoms with Gasteiger partial charge in [-0.1, -0.05) is 31.5 Å². The van der Waals surface area contributed by atoms with Crippen molar-refractivity contribution in [1.29, 1.82) is 0 Å². The van der Waals surface area contributed by atoms with Crippen molar-refractivity contribution in [3.63, 3.8) is 0 Å². The number of nitrogens with one attached hydrogen (secondary N) is 1. The smallest absolute Gasteiger partial charge is 0.316 e. The maximum atomic E-state index is 12.4. The lowest BCUT2D eigenvalue weighted by Gasteiger charge is -2.23. The molecule has 4 heteroatoms. The Labute approximate surface area is 120 Å². The Morgan fingerprint density at radius 1 is 1.40 bits per heavy atom. The average molecular weight is 274 g/mol. The molecule has 1 aliphatic rings. The molecule has 0 radical (unpaired) electrons. The minimum atomic E-state index is -0.505. The second-order valence-electron chi connectivity index (χ2n) is 5.52. The van der Waals surface area contributed by atoms with Gasteiger partial charge >= 0.3 is 11.8 Å². The quantitative estimate of drug-likeness (QED) is 0.860. The molecule has 4 nitrogen and oxygen atoms in total. The molecule has 1 N–H and O–H groups in total. The van der Waals surface area contributed by atoms with Crippen LogP contribution in [0, 0.1) is 0 Å². The highest BCUT2D eigenvalue weighted by molar-refractivity contribution is 6.40. The van der Waals surface area contributed by atoms with E-state index in [1.807, 2.05) is 38.1 Å². The van der Waals surface area contributed by atoms with Crippen LogP contribution >= 0.6 is 0 Å². The third-order valence-corrected chi connectivity index (χ3v) is 3.72. The van der Waals surface area contributed by atoms with Crippen LogP contribution in [0.1, 0.15) is 39.2 Å². The fourth-order valence-electron chi connectivity index (χ4n) is 2.78. The Morgan fingerprint density at radius 3 is 2.80 bits per heavy atom. The van der Waals surface area contributed by atoms with E-state index >= 15 is 0 Å².